The minimum Gasteiger partial charge on any atom is -0.307 e. The first kappa shape index (κ1) is 14.2. The lowest BCUT2D eigenvalue weighted by atomic mass is 10.0. The molecule has 3 heterocycles. The highest BCUT2D eigenvalue weighted by molar-refractivity contribution is 5.58. The van der Waals surface area contributed by atoms with Gasteiger partial charge in [0.25, 0.3) is 0 Å². The van der Waals surface area contributed by atoms with E-state index in [4.69, 9.17) is 5.10 Å². The van der Waals surface area contributed by atoms with E-state index in [0.717, 1.165) is 37.2 Å². The minimum atomic E-state index is 0.368. The van der Waals surface area contributed by atoms with Gasteiger partial charge in [0.05, 0.1) is 17.9 Å². The van der Waals surface area contributed by atoms with Gasteiger partial charge in [0, 0.05) is 30.5 Å². The number of aryl methyl sites for hydroxylation is 1. The Morgan fingerprint density at radius 1 is 1.09 bits per heavy atom. The first-order chi connectivity index (χ1) is 11.4. The lowest BCUT2D eigenvalue weighted by Gasteiger charge is -2.25. The van der Waals surface area contributed by atoms with Gasteiger partial charge in [-0.25, -0.2) is 0 Å². The van der Waals surface area contributed by atoms with E-state index in [9.17, 15) is 0 Å². The molecule has 1 N–H and O–H groups in total. The molecule has 0 saturated carbocycles. The average Bonchev–Trinajstić information content (AvgIpc) is 3.06. The summed E-state index contributed by atoms with van der Waals surface area (Å²) in [4.78, 5) is 4.08. The van der Waals surface area contributed by atoms with Crippen molar-refractivity contribution in [2.75, 3.05) is 6.54 Å². The normalized spacial score (nSPS) is 17.0. The molecule has 2 aromatic heterocycles. The second kappa shape index (κ2) is 6.34. The van der Waals surface area contributed by atoms with Crippen molar-refractivity contribution >= 4 is 0 Å². The van der Waals surface area contributed by atoms with Crippen LogP contribution >= 0.6 is 0 Å². The van der Waals surface area contributed by atoms with Crippen LogP contribution in [0, 0.1) is 0 Å². The third kappa shape index (κ3) is 3.03. The summed E-state index contributed by atoms with van der Waals surface area (Å²) in [5.41, 5.74) is 4.85. The zero-order valence-electron chi connectivity index (χ0n) is 13.0. The molecule has 0 bridgehead atoms. The van der Waals surface area contributed by atoms with E-state index >= 15 is 0 Å². The van der Waals surface area contributed by atoms with E-state index < -0.39 is 0 Å². The van der Waals surface area contributed by atoms with Crippen LogP contribution < -0.4 is 5.32 Å². The molecule has 1 aliphatic rings. The standard InChI is InChI=1S/C19H20N4/c1-2-4-15(5-3-1)6-7-17-19-14-18(16-8-10-20-11-9-16)22-23(19)13-12-21-17/h1-5,8-11,14,17,21H,6-7,12-13H2. The van der Waals surface area contributed by atoms with E-state index in [1.165, 1.54) is 11.3 Å². The van der Waals surface area contributed by atoms with Crippen LogP contribution in [0.25, 0.3) is 11.3 Å². The maximum atomic E-state index is 4.78. The topological polar surface area (TPSA) is 42.7 Å². The molecule has 0 amide bonds. The van der Waals surface area contributed by atoms with E-state index in [2.05, 4.69) is 51.4 Å². The van der Waals surface area contributed by atoms with Crippen molar-refractivity contribution in [1.82, 2.24) is 20.1 Å². The van der Waals surface area contributed by atoms with Gasteiger partial charge >= 0.3 is 0 Å². The van der Waals surface area contributed by atoms with Gasteiger partial charge in [-0.1, -0.05) is 30.3 Å². The molecule has 116 valence electrons. The number of nitrogens with one attached hydrogen (secondary N) is 1. The van der Waals surface area contributed by atoms with Gasteiger partial charge in [-0.15, -0.1) is 0 Å². The van der Waals surface area contributed by atoms with Crippen molar-refractivity contribution in [3.8, 4) is 11.3 Å². The highest BCUT2D eigenvalue weighted by Gasteiger charge is 2.22. The Morgan fingerprint density at radius 2 is 1.91 bits per heavy atom. The fourth-order valence-electron chi connectivity index (χ4n) is 3.21. The van der Waals surface area contributed by atoms with Crippen LogP contribution in [-0.4, -0.2) is 21.3 Å². The minimum absolute atomic E-state index is 0.368. The molecule has 1 aromatic carbocycles. The Balaban J connectivity index is 1.55. The monoisotopic (exact) mass is 304 g/mol. The van der Waals surface area contributed by atoms with Crippen LogP contribution in [0.1, 0.15) is 23.7 Å². The first-order valence-corrected chi connectivity index (χ1v) is 8.15. The summed E-state index contributed by atoms with van der Waals surface area (Å²) in [7, 11) is 0. The fraction of sp³-hybridized carbons (Fsp3) is 0.263. The summed E-state index contributed by atoms with van der Waals surface area (Å²) < 4.78 is 2.15. The number of aromatic nitrogens is 3. The summed E-state index contributed by atoms with van der Waals surface area (Å²) in [6.45, 7) is 1.91. The lowest BCUT2D eigenvalue weighted by molar-refractivity contribution is 0.385. The third-order valence-corrected chi connectivity index (χ3v) is 4.42. The number of rotatable bonds is 4. The van der Waals surface area contributed by atoms with Gasteiger partial charge in [-0.2, -0.15) is 5.10 Å². The predicted molar refractivity (Wildman–Crippen MR) is 91.0 cm³/mol. The highest BCUT2D eigenvalue weighted by Crippen LogP contribution is 2.27. The smallest absolute Gasteiger partial charge is 0.0927 e. The molecular weight excluding hydrogens is 284 g/mol. The molecule has 1 atom stereocenters. The van der Waals surface area contributed by atoms with E-state index in [1.807, 2.05) is 24.5 Å². The number of pyridine rings is 1. The molecule has 1 unspecified atom stereocenters. The Labute approximate surface area is 136 Å². The van der Waals surface area contributed by atoms with Gasteiger partial charge in [0.15, 0.2) is 0 Å². The summed E-state index contributed by atoms with van der Waals surface area (Å²) in [6.07, 6.45) is 5.80. The van der Waals surface area contributed by atoms with Gasteiger partial charge in [-0.05, 0) is 36.6 Å². The molecule has 0 saturated heterocycles. The molecule has 23 heavy (non-hydrogen) atoms. The molecule has 0 fully saturated rings. The Morgan fingerprint density at radius 3 is 2.74 bits per heavy atom. The zero-order valence-corrected chi connectivity index (χ0v) is 13.0. The Hall–Kier alpha value is -2.46. The second-order valence-corrected chi connectivity index (χ2v) is 5.94. The van der Waals surface area contributed by atoms with Crippen LogP contribution in [0.4, 0.5) is 0 Å². The largest absolute Gasteiger partial charge is 0.307 e. The number of hydrogen-bond acceptors (Lipinski definition) is 3. The summed E-state index contributed by atoms with van der Waals surface area (Å²) in [5.74, 6) is 0. The summed E-state index contributed by atoms with van der Waals surface area (Å²) in [5, 5.41) is 8.41. The van der Waals surface area contributed by atoms with E-state index in [1.54, 1.807) is 0 Å². The van der Waals surface area contributed by atoms with Crippen LogP contribution in [-0.2, 0) is 13.0 Å². The zero-order chi connectivity index (χ0) is 15.5. The molecule has 0 spiro atoms. The molecule has 0 aliphatic carbocycles. The second-order valence-electron chi connectivity index (χ2n) is 5.94. The molecule has 4 rings (SSSR count). The van der Waals surface area contributed by atoms with Gasteiger partial charge in [-0.3, -0.25) is 9.67 Å². The molecule has 3 aromatic rings. The number of fused-ring (bicyclic) bond motifs is 1. The lowest BCUT2D eigenvalue weighted by Crippen LogP contribution is -2.33. The maximum absolute atomic E-state index is 4.78. The fourth-order valence-corrected chi connectivity index (χ4v) is 3.21. The number of nitrogens with zero attached hydrogens (tertiary/aromatic N) is 3. The Bertz CT molecular complexity index is 765. The molecule has 4 nitrogen and oxygen atoms in total. The van der Waals surface area contributed by atoms with Crippen molar-refractivity contribution < 1.29 is 0 Å². The Kier molecular flexibility index (Phi) is 3.90. The van der Waals surface area contributed by atoms with Crippen molar-refractivity contribution in [1.29, 1.82) is 0 Å². The SMILES string of the molecule is c1ccc(CCC2NCCn3nc(-c4ccncc4)cc32)cc1. The van der Waals surface area contributed by atoms with Crippen molar-refractivity contribution in [2.24, 2.45) is 0 Å². The first-order valence-electron chi connectivity index (χ1n) is 8.15. The molecule has 4 heteroatoms. The van der Waals surface area contributed by atoms with Crippen LogP contribution in [0.3, 0.4) is 0 Å². The molecule has 1 aliphatic heterocycles. The predicted octanol–water partition coefficient (Wildman–Crippen LogP) is 3.22. The van der Waals surface area contributed by atoms with E-state index in [-0.39, 0.29) is 0 Å². The third-order valence-electron chi connectivity index (χ3n) is 4.42. The average molecular weight is 304 g/mol. The van der Waals surface area contributed by atoms with E-state index in [0.29, 0.717) is 6.04 Å². The van der Waals surface area contributed by atoms with Crippen molar-refractivity contribution in [3.63, 3.8) is 0 Å². The van der Waals surface area contributed by atoms with Crippen molar-refractivity contribution in [3.05, 3.63) is 72.2 Å². The number of benzene rings is 1. The molecular formula is C19H20N4. The maximum Gasteiger partial charge on any atom is 0.0927 e. The van der Waals surface area contributed by atoms with Gasteiger partial charge in [0.2, 0.25) is 0 Å². The van der Waals surface area contributed by atoms with Crippen LogP contribution in [0.5, 0.6) is 0 Å². The van der Waals surface area contributed by atoms with Gasteiger partial charge in [0.1, 0.15) is 0 Å². The van der Waals surface area contributed by atoms with Crippen LogP contribution in [0.15, 0.2) is 60.9 Å². The number of hydrogen-bond donors (Lipinski definition) is 1. The summed E-state index contributed by atoms with van der Waals surface area (Å²) in [6, 6.07) is 17.3. The van der Waals surface area contributed by atoms with Crippen LogP contribution in [0.2, 0.25) is 0 Å². The molecule has 0 radical (unpaired) electrons. The summed E-state index contributed by atoms with van der Waals surface area (Å²) >= 11 is 0. The quantitative estimate of drug-likeness (QED) is 0.805. The van der Waals surface area contributed by atoms with Crippen molar-refractivity contribution in [2.45, 2.75) is 25.4 Å². The van der Waals surface area contributed by atoms with Gasteiger partial charge < -0.3 is 5.32 Å². The highest BCUT2D eigenvalue weighted by atomic mass is 15.3.